The molecule has 1 amide bonds. The zero-order chi connectivity index (χ0) is 19.9. The molecule has 28 heavy (non-hydrogen) atoms. The van der Waals surface area contributed by atoms with Crippen molar-refractivity contribution in [2.75, 3.05) is 33.9 Å². The van der Waals surface area contributed by atoms with Crippen LogP contribution in [0.2, 0.25) is 0 Å². The van der Waals surface area contributed by atoms with Crippen LogP contribution in [0.15, 0.2) is 48.5 Å². The van der Waals surface area contributed by atoms with Gasteiger partial charge in [0.1, 0.15) is 18.1 Å². The van der Waals surface area contributed by atoms with Gasteiger partial charge in [-0.05, 0) is 43.3 Å². The lowest BCUT2D eigenvalue weighted by Crippen LogP contribution is -2.43. The van der Waals surface area contributed by atoms with Gasteiger partial charge in [-0.1, -0.05) is 12.1 Å². The van der Waals surface area contributed by atoms with Gasteiger partial charge in [-0.2, -0.15) is 0 Å². The predicted molar refractivity (Wildman–Crippen MR) is 107 cm³/mol. The Labute approximate surface area is 165 Å². The third kappa shape index (κ3) is 4.57. The molecule has 3 rings (SSSR count). The van der Waals surface area contributed by atoms with Crippen LogP contribution in [0.5, 0.6) is 23.0 Å². The van der Waals surface area contributed by atoms with E-state index < -0.39 is 0 Å². The maximum atomic E-state index is 12.7. The number of carbonyl (C=O) groups excluding carboxylic acids is 1. The second-order valence-corrected chi connectivity index (χ2v) is 6.32. The molecular weight excluding hydrogens is 358 g/mol. The fraction of sp³-hybridized carbons (Fsp3) is 0.318. The summed E-state index contributed by atoms with van der Waals surface area (Å²) >= 11 is 0. The number of amides is 1. The van der Waals surface area contributed by atoms with Crippen LogP contribution in [0.3, 0.4) is 0 Å². The van der Waals surface area contributed by atoms with Gasteiger partial charge in [0.25, 0.3) is 0 Å². The highest BCUT2D eigenvalue weighted by Crippen LogP contribution is 2.31. The Morgan fingerprint density at radius 3 is 2.68 bits per heavy atom. The zero-order valence-electron chi connectivity index (χ0n) is 16.4. The SMILES string of the molecule is CCN(CC1COc2ccccc2O1)C(=O)C=Cc1cc(OC)ccc1OC. The van der Waals surface area contributed by atoms with E-state index >= 15 is 0 Å². The van der Waals surface area contributed by atoms with Crippen LogP contribution in [-0.2, 0) is 4.79 Å². The van der Waals surface area contributed by atoms with Gasteiger partial charge in [0.15, 0.2) is 17.6 Å². The van der Waals surface area contributed by atoms with Crippen LogP contribution < -0.4 is 18.9 Å². The first-order chi connectivity index (χ1) is 13.6. The lowest BCUT2D eigenvalue weighted by Gasteiger charge is -2.30. The van der Waals surface area contributed by atoms with Gasteiger partial charge >= 0.3 is 0 Å². The highest BCUT2D eigenvalue weighted by atomic mass is 16.6. The summed E-state index contributed by atoms with van der Waals surface area (Å²) in [5, 5.41) is 0. The van der Waals surface area contributed by atoms with Crippen molar-refractivity contribution in [1.29, 1.82) is 0 Å². The molecule has 1 aliphatic rings. The van der Waals surface area contributed by atoms with E-state index in [0.29, 0.717) is 36.9 Å². The van der Waals surface area contributed by atoms with Gasteiger partial charge in [0.05, 0.1) is 20.8 Å². The molecule has 1 unspecified atom stereocenters. The molecule has 6 heteroatoms. The number of carbonyl (C=O) groups is 1. The van der Waals surface area contributed by atoms with Crippen molar-refractivity contribution in [3.8, 4) is 23.0 Å². The minimum atomic E-state index is -0.210. The van der Waals surface area contributed by atoms with Gasteiger partial charge in [-0.3, -0.25) is 4.79 Å². The van der Waals surface area contributed by atoms with Crippen LogP contribution in [0.25, 0.3) is 6.08 Å². The third-order valence-corrected chi connectivity index (χ3v) is 4.53. The molecule has 1 aliphatic heterocycles. The minimum absolute atomic E-state index is 0.102. The summed E-state index contributed by atoms with van der Waals surface area (Å²) in [6.07, 6.45) is 3.07. The van der Waals surface area contributed by atoms with Crippen molar-refractivity contribution >= 4 is 12.0 Å². The van der Waals surface area contributed by atoms with Crippen molar-refractivity contribution in [3.63, 3.8) is 0 Å². The fourth-order valence-electron chi connectivity index (χ4n) is 3.01. The lowest BCUT2D eigenvalue weighted by molar-refractivity contribution is -0.127. The van der Waals surface area contributed by atoms with E-state index in [1.165, 1.54) is 0 Å². The highest BCUT2D eigenvalue weighted by Gasteiger charge is 2.24. The summed E-state index contributed by atoms with van der Waals surface area (Å²) in [4.78, 5) is 14.4. The predicted octanol–water partition coefficient (Wildman–Crippen LogP) is 3.41. The van der Waals surface area contributed by atoms with Crippen LogP contribution in [0.1, 0.15) is 12.5 Å². The molecule has 6 nitrogen and oxygen atoms in total. The van der Waals surface area contributed by atoms with Gasteiger partial charge in [0, 0.05) is 18.2 Å². The van der Waals surface area contributed by atoms with E-state index in [-0.39, 0.29) is 12.0 Å². The molecule has 0 fully saturated rings. The van der Waals surface area contributed by atoms with Crippen molar-refractivity contribution < 1.29 is 23.7 Å². The number of fused-ring (bicyclic) bond motifs is 1. The molecule has 0 aliphatic carbocycles. The first-order valence-corrected chi connectivity index (χ1v) is 9.22. The number of nitrogens with zero attached hydrogens (tertiary/aromatic N) is 1. The smallest absolute Gasteiger partial charge is 0.246 e. The molecule has 0 radical (unpaired) electrons. The second kappa shape index (κ2) is 9.17. The lowest BCUT2D eigenvalue weighted by atomic mass is 10.1. The maximum Gasteiger partial charge on any atom is 0.246 e. The zero-order valence-corrected chi connectivity index (χ0v) is 16.4. The average molecular weight is 383 g/mol. The highest BCUT2D eigenvalue weighted by molar-refractivity contribution is 5.92. The molecule has 2 aromatic carbocycles. The first kappa shape index (κ1) is 19.6. The van der Waals surface area contributed by atoms with E-state index in [1.54, 1.807) is 31.3 Å². The van der Waals surface area contributed by atoms with Crippen LogP contribution in [0.4, 0.5) is 0 Å². The molecule has 0 aromatic heterocycles. The molecule has 0 saturated carbocycles. The number of likely N-dealkylation sites (N-methyl/N-ethyl adjacent to an activating group) is 1. The van der Waals surface area contributed by atoms with E-state index in [4.69, 9.17) is 18.9 Å². The van der Waals surface area contributed by atoms with Gasteiger partial charge in [0.2, 0.25) is 5.91 Å². The molecule has 1 heterocycles. The Morgan fingerprint density at radius 1 is 1.18 bits per heavy atom. The molecule has 0 spiro atoms. The molecule has 0 bridgehead atoms. The van der Waals surface area contributed by atoms with E-state index in [0.717, 1.165) is 11.3 Å². The van der Waals surface area contributed by atoms with Gasteiger partial charge in [-0.15, -0.1) is 0 Å². The average Bonchev–Trinajstić information content (AvgIpc) is 2.75. The number of ether oxygens (including phenoxy) is 4. The Kier molecular flexibility index (Phi) is 6.42. The summed E-state index contributed by atoms with van der Waals surface area (Å²) in [5.41, 5.74) is 0.775. The number of methoxy groups -OCH3 is 2. The minimum Gasteiger partial charge on any atom is -0.497 e. The standard InChI is InChI=1S/C22H25NO5/c1-4-23(14-18-15-27-20-7-5-6-8-21(20)28-18)22(24)12-9-16-13-17(25-2)10-11-19(16)26-3/h5-13,18H,4,14-15H2,1-3H3. The van der Waals surface area contributed by atoms with E-state index in [1.807, 2.05) is 49.4 Å². The van der Waals surface area contributed by atoms with E-state index in [2.05, 4.69) is 0 Å². The van der Waals surface area contributed by atoms with Crippen molar-refractivity contribution in [2.24, 2.45) is 0 Å². The van der Waals surface area contributed by atoms with Gasteiger partial charge in [-0.25, -0.2) is 0 Å². The number of benzene rings is 2. The quantitative estimate of drug-likeness (QED) is 0.686. The normalized spacial score (nSPS) is 15.3. The molecule has 0 N–H and O–H groups in total. The van der Waals surface area contributed by atoms with Crippen molar-refractivity contribution in [2.45, 2.75) is 13.0 Å². The Bertz CT molecular complexity index is 849. The van der Waals surface area contributed by atoms with Crippen LogP contribution in [-0.4, -0.2) is 50.8 Å². The number of hydrogen-bond donors (Lipinski definition) is 0. The summed E-state index contributed by atoms with van der Waals surface area (Å²) in [6, 6.07) is 13.0. The number of rotatable bonds is 7. The van der Waals surface area contributed by atoms with Crippen molar-refractivity contribution in [1.82, 2.24) is 4.90 Å². The van der Waals surface area contributed by atoms with Crippen LogP contribution in [0, 0.1) is 0 Å². The fourth-order valence-corrected chi connectivity index (χ4v) is 3.01. The number of para-hydroxylation sites is 2. The third-order valence-electron chi connectivity index (χ3n) is 4.53. The summed E-state index contributed by atoms with van der Waals surface area (Å²) in [5.74, 6) is 2.71. The molecule has 2 aromatic rings. The maximum absolute atomic E-state index is 12.7. The molecule has 1 atom stereocenters. The first-order valence-electron chi connectivity index (χ1n) is 9.22. The summed E-state index contributed by atoms with van der Waals surface area (Å²) in [6.45, 7) is 3.37. The number of hydrogen-bond acceptors (Lipinski definition) is 5. The molecular formula is C22H25NO5. The monoisotopic (exact) mass is 383 g/mol. The van der Waals surface area contributed by atoms with E-state index in [9.17, 15) is 4.79 Å². The Morgan fingerprint density at radius 2 is 1.96 bits per heavy atom. The summed E-state index contributed by atoms with van der Waals surface area (Å²) < 4.78 is 22.3. The second-order valence-electron chi connectivity index (χ2n) is 6.32. The van der Waals surface area contributed by atoms with Crippen LogP contribution >= 0.6 is 0 Å². The molecule has 148 valence electrons. The largest absolute Gasteiger partial charge is 0.497 e. The Hall–Kier alpha value is -3.15. The van der Waals surface area contributed by atoms with Gasteiger partial charge < -0.3 is 23.8 Å². The summed E-state index contributed by atoms with van der Waals surface area (Å²) in [7, 11) is 3.20. The molecule has 0 saturated heterocycles. The Balaban J connectivity index is 1.66. The van der Waals surface area contributed by atoms with Crippen molar-refractivity contribution in [3.05, 3.63) is 54.1 Å². The topological polar surface area (TPSA) is 57.2 Å².